The van der Waals surface area contributed by atoms with Gasteiger partial charge in [0.1, 0.15) is 17.8 Å². The number of aromatic nitrogens is 5. The van der Waals surface area contributed by atoms with E-state index in [2.05, 4.69) is 25.3 Å². The maximum Gasteiger partial charge on any atom is 0.433 e. The highest BCUT2D eigenvalue weighted by Gasteiger charge is 2.32. The number of anilines is 1. The molecule has 0 aliphatic heterocycles. The highest BCUT2D eigenvalue weighted by Crippen LogP contribution is 2.27. The van der Waals surface area contributed by atoms with Gasteiger partial charge >= 0.3 is 6.18 Å². The molecule has 6 nitrogen and oxygen atoms in total. The molecule has 3 rings (SSSR count). The Morgan fingerprint density at radius 2 is 1.91 bits per heavy atom. The lowest BCUT2D eigenvalue weighted by Gasteiger charge is -2.09. The maximum atomic E-state index is 12.6. The molecule has 0 unspecified atom stereocenters. The molecular weight excluding hydrogens is 309 g/mol. The summed E-state index contributed by atoms with van der Waals surface area (Å²) in [5, 5.41) is 2.77. The highest BCUT2D eigenvalue weighted by atomic mass is 19.4. The first-order chi connectivity index (χ1) is 11.0. The average molecular weight is 320 g/mol. The zero-order chi connectivity index (χ0) is 16.3. The molecule has 0 saturated carbocycles. The van der Waals surface area contributed by atoms with Gasteiger partial charge in [0.2, 0.25) is 5.95 Å². The van der Waals surface area contributed by atoms with Crippen molar-refractivity contribution in [3.05, 3.63) is 60.6 Å². The van der Waals surface area contributed by atoms with Gasteiger partial charge in [0.05, 0.1) is 0 Å². The molecule has 0 aromatic carbocycles. The topological polar surface area (TPSA) is 68.5 Å². The van der Waals surface area contributed by atoms with Crippen LogP contribution in [-0.4, -0.2) is 24.5 Å². The summed E-state index contributed by atoms with van der Waals surface area (Å²) in [6.07, 6.45) is 3.17. The number of nitrogens with zero attached hydrogens (tertiary/aromatic N) is 5. The molecule has 0 spiro atoms. The molecule has 0 bridgehead atoms. The van der Waals surface area contributed by atoms with Gasteiger partial charge in [-0.2, -0.15) is 13.2 Å². The Hall–Kier alpha value is -2.97. The van der Waals surface area contributed by atoms with E-state index >= 15 is 0 Å². The van der Waals surface area contributed by atoms with Crippen LogP contribution in [0.5, 0.6) is 0 Å². The Bertz CT molecular complexity index is 785. The molecular formula is C14H11F3N6. The highest BCUT2D eigenvalue weighted by molar-refractivity contribution is 5.32. The monoisotopic (exact) mass is 320 g/mol. The van der Waals surface area contributed by atoms with Gasteiger partial charge in [-0.25, -0.2) is 19.9 Å². The first-order valence-electron chi connectivity index (χ1n) is 6.60. The molecule has 3 aromatic rings. The Balaban J connectivity index is 1.73. The number of pyridine rings is 1. The molecule has 118 valence electrons. The minimum absolute atomic E-state index is 0.0826. The van der Waals surface area contributed by atoms with Crippen LogP contribution in [0.15, 0.2) is 49.3 Å². The smallest absolute Gasteiger partial charge is 0.350 e. The zero-order valence-corrected chi connectivity index (χ0v) is 11.7. The largest absolute Gasteiger partial charge is 0.433 e. The van der Waals surface area contributed by atoms with E-state index in [-0.39, 0.29) is 12.5 Å². The van der Waals surface area contributed by atoms with Gasteiger partial charge in [-0.15, -0.1) is 0 Å². The lowest BCUT2D eigenvalue weighted by Crippen LogP contribution is -2.11. The van der Waals surface area contributed by atoms with Crippen molar-refractivity contribution < 1.29 is 13.2 Å². The second-order valence-corrected chi connectivity index (χ2v) is 4.61. The summed E-state index contributed by atoms with van der Waals surface area (Å²) in [4.78, 5) is 15.4. The quantitative estimate of drug-likeness (QED) is 0.800. The van der Waals surface area contributed by atoms with Gasteiger partial charge in [0.25, 0.3) is 0 Å². The van der Waals surface area contributed by atoms with Crippen LogP contribution < -0.4 is 5.32 Å². The fourth-order valence-corrected chi connectivity index (χ4v) is 1.89. The van der Waals surface area contributed by atoms with Crippen LogP contribution in [0.4, 0.5) is 19.1 Å². The molecule has 3 aromatic heterocycles. The standard InChI is InChI=1S/C14H11F3N6/c15-14(16,17)11-2-4-20-13(22-11)21-8-10-1-3-19-12(7-10)23-6-5-18-9-23/h1-7,9H,8H2,(H,20,21,22). The summed E-state index contributed by atoms with van der Waals surface area (Å²) in [5.74, 6) is 0.576. The number of nitrogens with one attached hydrogen (secondary N) is 1. The van der Waals surface area contributed by atoms with Crippen LogP contribution in [0, 0.1) is 0 Å². The van der Waals surface area contributed by atoms with Crippen LogP contribution in [-0.2, 0) is 12.7 Å². The van der Waals surface area contributed by atoms with Gasteiger partial charge in [-0.1, -0.05) is 0 Å². The van der Waals surface area contributed by atoms with E-state index in [1.54, 1.807) is 41.6 Å². The number of hydrogen-bond donors (Lipinski definition) is 1. The van der Waals surface area contributed by atoms with Gasteiger partial charge in [-0.3, -0.25) is 4.57 Å². The van der Waals surface area contributed by atoms with Crippen molar-refractivity contribution in [1.29, 1.82) is 0 Å². The molecule has 0 amide bonds. The SMILES string of the molecule is FC(F)(F)c1ccnc(NCc2ccnc(-n3ccnc3)c2)n1. The zero-order valence-electron chi connectivity index (χ0n) is 11.7. The Labute approximate surface area is 129 Å². The van der Waals surface area contributed by atoms with Crippen molar-refractivity contribution >= 4 is 5.95 Å². The van der Waals surface area contributed by atoms with Crippen molar-refractivity contribution in [2.24, 2.45) is 0 Å². The van der Waals surface area contributed by atoms with Crippen LogP contribution in [0.2, 0.25) is 0 Å². The molecule has 0 radical (unpaired) electrons. The summed E-state index contributed by atoms with van der Waals surface area (Å²) in [7, 11) is 0. The van der Waals surface area contributed by atoms with Gasteiger partial charge in [0, 0.05) is 31.3 Å². The average Bonchev–Trinajstić information content (AvgIpc) is 3.07. The number of imidazole rings is 1. The van der Waals surface area contributed by atoms with Crippen molar-refractivity contribution in [2.75, 3.05) is 5.32 Å². The predicted molar refractivity (Wildman–Crippen MR) is 75.7 cm³/mol. The van der Waals surface area contributed by atoms with Crippen LogP contribution in [0.1, 0.15) is 11.3 Å². The summed E-state index contributed by atoms with van der Waals surface area (Å²) >= 11 is 0. The second-order valence-electron chi connectivity index (χ2n) is 4.61. The van der Waals surface area contributed by atoms with E-state index < -0.39 is 11.9 Å². The molecule has 1 N–H and O–H groups in total. The minimum Gasteiger partial charge on any atom is -0.350 e. The Morgan fingerprint density at radius 1 is 1.09 bits per heavy atom. The summed E-state index contributed by atoms with van der Waals surface area (Å²) in [5.41, 5.74) is -0.159. The van der Waals surface area contributed by atoms with Crippen molar-refractivity contribution in [1.82, 2.24) is 24.5 Å². The molecule has 3 heterocycles. The van der Waals surface area contributed by atoms with Gasteiger partial charge in [-0.05, 0) is 23.8 Å². The third-order valence-corrected chi connectivity index (χ3v) is 2.98. The van der Waals surface area contributed by atoms with E-state index in [0.29, 0.717) is 5.82 Å². The first kappa shape index (κ1) is 14.9. The number of rotatable bonds is 4. The summed E-state index contributed by atoms with van der Waals surface area (Å²) < 4.78 is 39.5. The minimum atomic E-state index is -4.50. The maximum absolute atomic E-state index is 12.6. The van der Waals surface area contributed by atoms with Crippen molar-refractivity contribution in [2.45, 2.75) is 12.7 Å². The normalized spacial score (nSPS) is 11.4. The Kier molecular flexibility index (Phi) is 3.92. The number of halogens is 3. The summed E-state index contributed by atoms with van der Waals surface area (Å²) in [6, 6.07) is 4.37. The van der Waals surface area contributed by atoms with E-state index in [0.717, 1.165) is 17.8 Å². The lowest BCUT2D eigenvalue weighted by molar-refractivity contribution is -0.141. The fraction of sp³-hybridized carbons (Fsp3) is 0.143. The third kappa shape index (κ3) is 3.62. The number of alkyl halides is 3. The molecule has 0 saturated heterocycles. The van der Waals surface area contributed by atoms with Crippen LogP contribution in [0.3, 0.4) is 0 Å². The van der Waals surface area contributed by atoms with E-state index in [1.807, 2.05) is 0 Å². The van der Waals surface area contributed by atoms with E-state index in [9.17, 15) is 13.2 Å². The van der Waals surface area contributed by atoms with Crippen molar-refractivity contribution in [3.8, 4) is 5.82 Å². The first-order valence-corrected chi connectivity index (χ1v) is 6.60. The van der Waals surface area contributed by atoms with Crippen molar-refractivity contribution in [3.63, 3.8) is 0 Å². The molecule has 9 heteroatoms. The van der Waals surface area contributed by atoms with E-state index in [1.165, 1.54) is 0 Å². The van der Waals surface area contributed by atoms with E-state index in [4.69, 9.17) is 0 Å². The fourth-order valence-electron chi connectivity index (χ4n) is 1.89. The Morgan fingerprint density at radius 3 is 2.65 bits per heavy atom. The molecule has 0 aliphatic rings. The third-order valence-electron chi connectivity index (χ3n) is 2.98. The molecule has 23 heavy (non-hydrogen) atoms. The van der Waals surface area contributed by atoms with Crippen LogP contribution in [0.25, 0.3) is 5.82 Å². The summed E-state index contributed by atoms with van der Waals surface area (Å²) in [6.45, 7) is 0.269. The van der Waals surface area contributed by atoms with Gasteiger partial charge < -0.3 is 5.32 Å². The van der Waals surface area contributed by atoms with Crippen LogP contribution >= 0.6 is 0 Å². The molecule has 0 fully saturated rings. The molecule has 0 aliphatic carbocycles. The lowest BCUT2D eigenvalue weighted by atomic mass is 10.2. The second kappa shape index (κ2) is 6.03. The number of hydrogen-bond acceptors (Lipinski definition) is 5. The predicted octanol–water partition coefficient (Wildman–Crippen LogP) is 2.69. The van der Waals surface area contributed by atoms with Gasteiger partial charge in [0.15, 0.2) is 0 Å². The molecule has 0 atom stereocenters.